The molecule has 1 aromatic carbocycles. The van der Waals surface area contributed by atoms with Crippen LogP contribution in [0.2, 0.25) is 0 Å². The normalized spacial score (nSPS) is 16.6. The lowest BCUT2D eigenvalue weighted by atomic mass is 10.0. The number of aromatic nitrogens is 2. The Hall–Kier alpha value is -2.21. The van der Waals surface area contributed by atoms with Crippen LogP contribution in [-0.4, -0.2) is 40.1 Å². The quantitative estimate of drug-likeness (QED) is 0.790. The van der Waals surface area contributed by atoms with Gasteiger partial charge in [-0.15, -0.1) is 0 Å². The molecule has 3 N–H and O–H groups in total. The molecule has 104 valence electrons. The average Bonchev–Trinajstić information content (AvgIpc) is 2.48. The second-order valence-electron chi connectivity index (χ2n) is 5.08. The van der Waals surface area contributed by atoms with Crippen molar-refractivity contribution in [3.8, 4) is 0 Å². The minimum atomic E-state index is -0.280. The van der Waals surface area contributed by atoms with Crippen LogP contribution < -0.4 is 11.3 Å². The van der Waals surface area contributed by atoms with E-state index in [0.717, 1.165) is 12.8 Å². The van der Waals surface area contributed by atoms with Crippen molar-refractivity contribution in [1.82, 2.24) is 15.1 Å². The number of benzene rings is 1. The Labute approximate surface area is 115 Å². The van der Waals surface area contributed by atoms with Crippen LogP contribution in [0, 0.1) is 0 Å². The fraction of sp³-hybridized carbons (Fsp3) is 0.357. The van der Waals surface area contributed by atoms with Crippen LogP contribution in [0.1, 0.15) is 23.3 Å². The van der Waals surface area contributed by atoms with Crippen molar-refractivity contribution in [2.45, 2.75) is 18.9 Å². The number of hydrogen-bond donors (Lipinski definition) is 2. The molecular weight excluding hydrogens is 256 g/mol. The van der Waals surface area contributed by atoms with Gasteiger partial charge in [-0.1, -0.05) is 18.2 Å². The van der Waals surface area contributed by atoms with Crippen molar-refractivity contribution in [3.05, 3.63) is 40.3 Å². The summed E-state index contributed by atoms with van der Waals surface area (Å²) in [6, 6.07) is 7.18. The number of amides is 1. The van der Waals surface area contributed by atoms with Gasteiger partial charge in [-0.2, -0.15) is 5.10 Å². The van der Waals surface area contributed by atoms with E-state index in [9.17, 15) is 9.59 Å². The van der Waals surface area contributed by atoms with Crippen LogP contribution in [0.4, 0.5) is 0 Å². The molecule has 0 aliphatic carbocycles. The largest absolute Gasteiger partial charge is 0.337 e. The molecule has 1 aliphatic heterocycles. The van der Waals surface area contributed by atoms with Gasteiger partial charge in [0.2, 0.25) is 0 Å². The van der Waals surface area contributed by atoms with Crippen LogP contribution in [-0.2, 0) is 0 Å². The zero-order chi connectivity index (χ0) is 14.1. The molecule has 0 unspecified atom stereocenters. The summed E-state index contributed by atoms with van der Waals surface area (Å²) < 4.78 is 0. The molecule has 0 saturated carbocycles. The summed E-state index contributed by atoms with van der Waals surface area (Å²) in [5.41, 5.74) is 5.87. The molecule has 6 nitrogen and oxygen atoms in total. The number of piperidine rings is 1. The first-order valence-corrected chi connectivity index (χ1v) is 6.69. The van der Waals surface area contributed by atoms with E-state index in [-0.39, 0.29) is 17.5 Å². The fourth-order valence-corrected chi connectivity index (χ4v) is 2.53. The van der Waals surface area contributed by atoms with Crippen LogP contribution in [0.15, 0.2) is 29.1 Å². The molecule has 1 aromatic heterocycles. The third-order valence-corrected chi connectivity index (χ3v) is 3.73. The number of rotatable bonds is 1. The van der Waals surface area contributed by atoms with Crippen LogP contribution in [0.25, 0.3) is 10.8 Å². The maximum Gasteiger partial charge on any atom is 0.274 e. The SMILES string of the molecule is NC1CCN(C(=O)c2n[nH]c(=O)c3ccccc23)CC1. The summed E-state index contributed by atoms with van der Waals surface area (Å²) in [7, 11) is 0. The van der Waals surface area contributed by atoms with Gasteiger partial charge >= 0.3 is 0 Å². The third kappa shape index (κ3) is 2.18. The minimum absolute atomic E-state index is 0.149. The van der Waals surface area contributed by atoms with E-state index in [0.29, 0.717) is 29.6 Å². The van der Waals surface area contributed by atoms with Gasteiger partial charge in [0.25, 0.3) is 11.5 Å². The van der Waals surface area contributed by atoms with Crippen LogP contribution >= 0.6 is 0 Å². The number of fused-ring (bicyclic) bond motifs is 1. The van der Waals surface area contributed by atoms with Gasteiger partial charge in [-0.05, 0) is 18.9 Å². The number of carbonyl (C=O) groups is 1. The summed E-state index contributed by atoms with van der Waals surface area (Å²) in [5, 5.41) is 7.41. The van der Waals surface area contributed by atoms with E-state index in [2.05, 4.69) is 10.2 Å². The standard InChI is InChI=1S/C14H16N4O2/c15-9-5-7-18(8-6-9)14(20)12-10-3-1-2-4-11(10)13(19)17-16-12/h1-4,9H,5-8,15H2,(H,17,19). The Morgan fingerprint density at radius 2 is 1.90 bits per heavy atom. The summed E-state index contributed by atoms with van der Waals surface area (Å²) in [4.78, 5) is 26.0. The Bertz CT molecular complexity index is 702. The Morgan fingerprint density at radius 3 is 2.60 bits per heavy atom. The molecule has 1 fully saturated rings. The number of H-pyrrole nitrogens is 1. The maximum absolute atomic E-state index is 12.5. The smallest absolute Gasteiger partial charge is 0.274 e. The molecule has 20 heavy (non-hydrogen) atoms. The van der Waals surface area contributed by atoms with Gasteiger partial charge in [0, 0.05) is 24.5 Å². The number of nitrogens with zero attached hydrogens (tertiary/aromatic N) is 2. The van der Waals surface area contributed by atoms with Crippen LogP contribution in [0.5, 0.6) is 0 Å². The number of nitrogens with two attached hydrogens (primary N) is 1. The van der Waals surface area contributed by atoms with Crippen molar-refractivity contribution >= 4 is 16.7 Å². The van der Waals surface area contributed by atoms with Gasteiger partial charge in [0.1, 0.15) is 0 Å². The van der Waals surface area contributed by atoms with Crippen molar-refractivity contribution in [2.75, 3.05) is 13.1 Å². The lowest BCUT2D eigenvalue weighted by Crippen LogP contribution is -2.43. The van der Waals surface area contributed by atoms with Crippen molar-refractivity contribution in [2.24, 2.45) is 5.73 Å². The first kappa shape index (κ1) is 12.8. The first-order chi connectivity index (χ1) is 9.66. The molecule has 0 atom stereocenters. The molecule has 0 radical (unpaired) electrons. The molecule has 0 bridgehead atoms. The first-order valence-electron chi connectivity index (χ1n) is 6.69. The van der Waals surface area contributed by atoms with Crippen molar-refractivity contribution in [1.29, 1.82) is 0 Å². The highest BCUT2D eigenvalue weighted by molar-refractivity contribution is 6.04. The second-order valence-corrected chi connectivity index (χ2v) is 5.08. The zero-order valence-electron chi connectivity index (χ0n) is 11.0. The maximum atomic E-state index is 12.5. The lowest BCUT2D eigenvalue weighted by Gasteiger charge is -2.30. The third-order valence-electron chi connectivity index (χ3n) is 3.73. The van der Waals surface area contributed by atoms with E-state index < -0.39 is 0 Å². The van der Waals surface area contributed by atoms with Gasteiger partial charge < -0.3 is 10.6 Å². The molecule has 1 amide bonds. The number of nitrogens with one attached hydrogen (secondary N) is 1. The summed E-state index contributed by atoms with van der Waals surface area (Å²) in [6.45, 7) is 1.27. The highest BCUT2D eigenvalue weighted by atomic mass is 16.2. The van der Waals surface area contributed by atoms with Crippen LogP contribution in [0.3, 0.4) is 0 Å². The predicted octanol–water partition coefficient (Wildman–Crippen LogP) is 0.486. The van der Waals surface area contributed by atoms with Gasteiger partial charge in [0.05, 0.1) is 5.39 Å². The summed E-state index contributed by atoms with van der Waals surface area (Å²) in [5.74, 6) is -0.149. The molecule has 0 spiro atoms. The Kier molecular flexibility index (Phi) is 3.23. The van der Waals surface area contributed by atoms with E-state index in [1.807, 2.05) is 0 Å². The van der Waals surface area contributed by atoms with E-state index in [1.165, 1.54) is 0 Å². The molecule has 1 saturated heterocycles. The van der Waals surface area contributed by atoms with Crippen molar-refractivity contribution < 1.29 is 4.79 Å². The van der Waals surface area contributed by atoms with E-state index >= 15 is 0 Å². The molecular formula is C14H16N4O2. The molecule has 3 rings (SSSR count). The topological polar surface area (TPSA) is 92.1 Å². The van der Waals surface area contributed by atoms with E-state index in [1.54, 1.807) is 29.2 Å². The lowest BCUT2D eigenvalue weighted by molar-refractivity contribution is 0.0710. The molecule has 2 heterocycles. The second kappa shape index (κ2) is 5.05. The molecule has 1 aliphatic rings. The molecule has 2 aromatic rings. The fourth-order valence-electron chi connectivity index (χ4n) is 2.53. The highest BCUT2D eigenvalue weighted by Crippen LogP contribution is 2.17. The Morgan fingerprint density at radius 1 is 1.25 bits per heavy atom. The zero-order valence-corrected chi connectivity index (χ0v) is 11.0. The average molecular weight is 272 g/mol. The minimum Gasteiger partial charge on any atom is -0.337 e. The highest BCUT2D eigenvalue weighted by Gasteiger charge is 2.24. The Balaban J connectivity index is 2.00. The van der Waals surface area contributed by atoms with E-state index in [4.69, 9.17) is 5.73 Å². The number of hydrogen-bond acceptors (Lipinski definition) is 4. The number of carbonyl (C=O) groups excluding carboxylic acids is 1. The summed E-state index contributed by atoms with van der Waals surface area (Å²) >= 11 is 0. The molecule has 6 heteroatoms. The monoisotopic (exact) mass is 272 g/mol. The number of aromatic amines is 1. The van der Waals surface area contributed by atoms with Crippen molar-refractivity contribution in [3.63, 3.8) is 0 Å². The van der Waals surface area contributed by atoms with Gasteiger partial charge in [-0.25, -0.2) is 5.10 Å². The summed E-state index contributed by atoms with van der Waals surface area (Å²) in [6.07, 6.45) is 1.60. The van der Waals surface area contributed by atoms with Gasteiger partial charge in [0.15, 0.2) is 5.69 Å². The number of likely N-dealkylation sites (tertiary alicyclic amines) is 1. The van der Waals surface area contributed by atoms with Gasteiger partial charge in [-0.3, -0.25) is 9.59 Å². The predicted molar refractivity (Wildman–Crippen MR) is 75.5 cm³/mol.